The third-order valence-corrected chi connectivity index (χ3v) is 4.64. The van der Waals surface area contributed by atoms with E-state index in [2.05, 4.69) is 54.3 Å². The topological polar surface area (TPSA) is 46.1 Å². The van der Waals surface area contributed by atoms with Gasteiger partial charge in [-0.3, -0.25) is 4.99 Å². The monoisotopic (exact) mass is 475 g/mol. The van der Waals surface area contributed by atoms with Crippen molar-refractivity contribution in [1.29, 1.82) is 0 Å². The average molecular weight is 475 g/mol. The molecule has 0 spiro atoms. The van der Waals surface area contributed by atoms with Gasteiger partial charge in [0.15, 0.2) is 5.96 Å². The van der Waals surface area contributed by atoms with Crippen molar-refractivity contribution < 1.29 is 9.47 Å². The molecule has 148 valence electrons. The molecule has 1 saturated heterocycles. The molecule has 1 heterocycles. The van der Waals surface area contributed by atoms with E-state index in [1.165, 1.54) is 30.4 Å². The number of hydrogen-bond donors (Lipinski definition) is 1. The number of nitrogens with zero attached hydrogens (tertiary/aromatic N) is 2. The van der Waals surface area contributed by atoms with Gasteiger partial charge in [-0.2, -0.15) is 0 Å². The number of hydrogen-bond acceptors (Lipinski definition) is 3. The summed E-state index contributed by atoms with van der Waals surface area (Å²) in [6.07, 6.45) is 3.56. The highest BCUT2D eigenvalue weighted by Gasteiger charge is 2.15. The van der Waals surface area contributed by atoms with Crippen LogP contribution in [-0.4, -0.2) is 57.9 Å². The Morgan fingerprint density at radius 1 is 1.23 bits per heavy atom. The normalized spacial score (nSPS) is 15.3. The first-order chi connectivity index (χ1) is 12.1. The van der Waals surface area contributed by atoms with Crippen molar-refractivity contribution in [3.63, 3.8) is 0 Å². The van der Waals surface area contributed by atoms with Crippen molar-refractivity contribution in [1.82, 2.24) is 10.2 Å². The van der Waals surface area contributed by atoms with Crippen LogP contribution >= 0.6 is 24.0 Å². The summed E-state index contributed by atoms with van der Waals surface area (Å²) in [5.74, 6) is 2.64. The van der Waals surface area contributed by atoms with Crippen LogP contribution in [0, 0.1) is 19.8 Å². The highest BCUT2D eigenvalue weighted by molar-refractivity contribution is 14.0. The molecule has 2 rings (SSSR count). The molecule has 0 radical (unpaired) electrons. The van der Waals surface area contributed by atoms with Crippen LogP contribution in [0.3, 0.4) is 0 Å². The molecule has 6 heteroatoms. The molecule has 0 saturated carbocycles. The SMILES string of the molecule is CN=C(NCCOc1cc(C)cc(C)c1)N(C)CCC1CCOCC1.I. The smallest absolute Gasteiger partial charge is 0.193 e. The molecule has 1 aliphatic heterocycles. The molecule has 0 bridgehead atoms. The van der Waals surface area contributed by atoms with E-state index in [0.29, 0.717) is 6.61 Å². The Morgan fingerprint density at radius 3 is 2.50 bits per heavy atom. The van der Waals surface area contributed by atoms with Crippen LogP contribution in [-0.2, 0) is 4.74 Å². The molecule has 0 aromatic heterocycles. The molecule has 1 fully saturated rings. The lowest BCUT2D eigenvalue weighted by Crippen LogP contribution is -2.41. The van der Waals surface area contributed by atoms with Crippen LogP contribution in [0.1, 0.15) is 30.4 Å². The number of halogens is 1. The maximum Gasteiger partial charge on any atom is 0.193 e. The zero-order valence-corrected chi connectivity index (χ0v) is 18.9. The van der Waals surface area contributed by atoms with Crippen LogP contribution in [0.4, 0.5) is 0 Å². The molecule has 0 atom stereocenters. The number of aliphatic imine (C=N–C) groups is 1. The van der Waals surface area contributed by atoms with Gasteiger partial charge in [0.05, 0.1) is 6.54 Å². The van der Waals surface area contributed by atoms with Crippen LogP contribution in [0.15, 0.2) is 23.2 Å². The van der Waals surface area contributed by atoms with Gasteiger partial charge in [-0.15, -0.1) is 24.0 Å². The first-order valence-electron chi connectivity index (χ1n) is 9.29. The van der Waals surface area contributed by atoms with Gasteiger partial charge in [0, 0.05) is 33.9 Å². The standard InChI is InChI=1S/C20H33N3O2.HI/c1-16-13-17(2)15-19(14-16)25-12-8-22-20(21-3)23(4)9-5-18-6-10-24-11-7-18;/h13-15,18H,5-12H2,1-4H3,(H,21,22);1H. The van der Waals surface area contributed by atoms with Crippen molar-refractivity contribution >= 4 is 29.9 Å². The first kappa shape index (κ1) is 23.0. The summed E-state index contributed by atoms with van der Waals surface area (Å²) in [5.41, 5.74) is 2.46. The Bertz CT molecular complexity index is 540. The molecule has 1 aromatic rings. The predicted molar refractivity (Wildman–Crippen MR) is 119 cm³/mol. The quantitative estimate of drug-likeness (QED) is 0.283. The Balaban J connectivity index is 0.00000338. The van der Waals surface area contributed by atoms with E-state index in [4.69, 9.17) is 9.47 Å². The molecule has 1 N–H and O–H groups in total. The van der Waals surface area contributed by atoms with E-state index in [1.807, 2.05) is 7.05 Å². The third kappa shape index (κ3) is 8.12. The minimum Gasteiger partial charge on any atom is -0.492 e. The summed E-state index contributed by atoms with van der Waals surface area (Å²) in [6.45, 7) is 8.38. The summed E-state index contributed by atoms with van der Waals surface area (Å²) in [4.78, 5) is 6.58. The minimum absolute atomic E-state index is 0. The fraction of sp³-hybridized carbons (Fsp3) is 0.650. The van der Waals surface area contributed by atoms with Gasteiger partial charge in [0.2, 0.25) is 0 Å². The zero-order valence-electron chi connectivity index (χ0n) is 16.6. The molecule has 1 aromatic carbocycles. The van der Waals surface area contributed by atoms with E-state index < -0.39 is 0 Å². The lowest BCUT2D eigenvalue weighted by Gasteiger charge is -2.26. The van der Waals surface area contributed by atoms with Crippen molar-refractivity contribution in [2.45, 2.75) is 33.1 Å². The predicted octanol–water partition coefficient (Wildman–Crippen LogP) is 3.62. The molecule has 0 unspecified atom stereocenters. The van der Waals surface area contributed by atoms with E-state index in [-0.39, 0.29) is 24.0 Å². The summed E-state index contributed by atoms with van der Waals surface area (Å²) in [5, 5.41) is 3.38. The fourth-order valence-corrected chi connectivity index (χ4v) is 3.25. The van der Waals surface area contributed by atoms with Crippen molar-refractivity contribution in [2.24, 2.45) is 10.9 Å². The maximum atomic E-state index is 5.85. The van der Waals surface area contributed by atoms with Gasteiger partial charge in [0.1, 0.15) is 12.4 Å². The lowest BCUT2D eigenvalue weighted by atomic mass is 9.96. The van der Waals surface area contributed by atoms with Gasteiger partial charge >= 0.3 is 0 Å². The van der Waals surface area contributed by atoms with Crippen LogP contribution < -0.4 is 10.1 Å². The molecule has 0 aliphatic carbocycles. The van der Waals surface area contributed by atoms with E-state index in [9.17, 15) is 0 Å². The van der Waals surface area contributed by atoms with Crippen molar-refractivity contribution in [3.05, 3.63) is 29.3 Å². The number of ether oxygens (including phenoxy) is 2. The van der Waals surface area contributed by atoms with Gasteiger partial charge in [-0.05, 0) is 62.3 Å². The van der Waals surface area contributed by atoms with Crippen LogP contribution in [0.2, 0.25) is 0 Å². The largest absolute Gasteiger partial charge is 0.492 e. The summed E-state index contributed by atoms with van der Waals surface area (Å²) < 4.78 is 11.3. The third-order valence-electron chi connectivity index (χ3n) is 4.64. The Morgan fingerprint density at radius 2 is 1.88 bits per heavy atom. The summed E-state index contributed by atoms with van der Waals surface area (Å²) in [6, 6.07) is 6.30. The number of aryl methyl sites for hydroxylation is 2. The summed E-state index contributed by atoms with van der Waals surface area (Å²) >= 11 is 0. The second-order valence-electron chi connectivity index (χ2n) is 6.91. The lowest BCUT2D eigenvalue weighted by molar-refractivity contribution is 0.0625. The van der Waals surface area contributed by atoms with Crippen LogP contribution in [0.25, 0.3) is 0 Å². The minimum atomic E-state index is 0. The van der Waals surface area contributed by atoms with Crippen molar-refractivity contribution in [3.8, 4) is 5.75 Å². The highest BCUT2D eigenvalue weighted by Crippen LogP contribution is 2.18. The molecule has 26 heavy (non-hydrogen) atoms. The molecular formula is C20H34IN3O2. The average Bonchev–Trinajstić information content (AvgIpc) is 2.60. The van der Waals surface area contributed by atoms with E-state index in [1.54, 1.807) is 0 Å². The molecule has 0 amide bonds. The summed E-state index contributed by atoms with van der Waals surface area (Å²) in [7, 11) is 3.93. The second-order valence-corrected chi connectivity index (χ2v) is 6.91. The fourth-order valence-electron chi connectivity index (χ4n) is 3.25. The molecule has 1 aliphatic rings. The zero-order chi connectivity index (χ0) is 18.1. The van der Waals surface area contributed by atoms with E-state index >= 15 is 0 Å². The Kier molecular flexibility index (Phi) is 11.0. The van der Waals surface area contributed by atoms with E-state index in [0.717, 1.165) is 43.9 Å². The number of guanidine groups is 1. The second kappa shape index (κ2) is 12.4. The van der Waals surface area contributed by atoms with Gasteiger partial charge in [0.25, 0.3) is 0 Å². The van der Waals surface area contributed by atoms with Gasteiger partial charge < -0.3 is 19.7 Å². The number of nitrogens with one attached hydrogen (secondary N) is 1. The van der Waals surface area contributed by atoms with Crippen LogP contribution in [0.5, 0.6) is 5.75 Å². The number of rotatable bonds is 7. The Labute approximate surface area is 175 Å². The highest BCUT2D eigenvalue weighted by atomic mass is 127. The van der Waals surface area contributed by atoms with Gasteiger partial charge in [-0.1, -0.05) is 6.07 Å². The van der Waals surface area contributed by atoms with Crippen molar-refractivity contribution in [2.75, 3.05) is 47.0 Å². The number of benzene rings is 1. The first-order valence-corrected chi connectivity index (χ1v) is 9.29. The molecular weight excluding hydrogens is 441 g/mol. The molecule has 5 nitrogen and oxygen atoms in total. The van der Waals surface area contributed by atoms with Gasteiger partial charge in [-0.25, -0.2) is 0 Å². The Hall–Kier alpha value is -1.02. The maximum absolute atomic E-state index is 5.85.